The first-order valence-electron chi connectivity index (χ1n) is 10.8. The highest BCUT2D eigenvalue weighted by Gasteiger charge is 2.42. The molecule has 0 saturated carbocycles. The van der Waals surface area contributed by atoms with Crippen LogP contribution >= 0.6 is 7.36 Å². The lowest BCUT2D eigenvalue weighted by atomic mass is 10.2. The number of rotatable bonds is 7. The van der Waals surface area contributed by atoms with Crippen LogP contribution in [-0.4, -0.2) is 25.7 Å². The third-order valence-electron chi connectivity index (χ3n) is 5.49. The van der Waals surface area contributed by atoms with Crippen LogP contribution in [0, 0.1) is 5.16 Å². The molecule has 1 N–H and O–H groups in total. The molecule has 3 aromatic carbocycles. The van der Waals surface area contributed by atoms with Gasteiger partial charge in [0, 0.05) is 29.8 Å². The maximum atomic E-state index is 12.7. The molecule has 0 aromatic heterocycles. The normalized spacial score (nSPS) is 15.6. The number of nitrogens with zero attached hydrogens (tertiary/aromatic N) is 2. The Hall–Kier alpha value is -3.30. The SMILES string of the molecule is CCOC(=O)C/C(=C\c1ccccc1)P1(=N)N(c2ccccc2)CCN1c1ccccc1. The van der Waals surface area contributed by atoms with Crippen LogP contribution in [-0.2, 0) is 9.53 Å². The second-order valence-corrected chi connectivity index (χ2v) is 10.3. The van der Waals surface area contributed by atoms with Gasteiger partial charge in [0.15, 0.2) is 7.36 Å². The Kier molecular flexibility index (Phi) is 6.77. The summed E-state index contributed by atoms with van der Waals surface area (Å²) < 4.78 is 9.66. The van der Waals surface area contributed by atoms with Crippen molar-refractivity contribution in [3.05, 3.63) is 102 Å². The average Bonchev–Trinajstić information content (AvgIpc) is 3.19. The van der Waals surface area contributed by atoms with Crippen LogP contribution in [0.25, 0.3) is 6.08 Å². The maximum Gasteiger partial charge on any atom is 0.310 e. The minimum absolute atomic E-state index is 0.0900. The Balaban J connectivity index is 1.87. The van der Waals surface area contributed by atoms with Crippen molar-refractivity contribution in [2.45, 2.75) is 13.3 Å². The van der Waals surface area contributed by atoms with Gasteiger partial charge in [0.2, 0.25) is 0 Å². The number of carbonyl (C=O) groups is 1. The fraction of sp³-hybridized carbons (Fsp3) is 0.192. The average molecular weight is 446 g/mol. The third kappa shape index (κ3) is 4.49. The Bertz CT molecular complexity index is 1070. The monoisotopic (exact) mass is 445 g/mol. The summed E-state index contributed by atoms with van der Waals surface area (Å²) in [5.74, 6) is -0.297. The van der Waals surface area contributed by atoms with E-state index in [0.29, 0.717) is 19.7 Å². The second-order valence-electron chi connectivity index (χ2n) is 7.55. The van der Waals surface area contributed by atoms with E-state index in [1.807, 2.05) is 104 Å². The summed E-state index contributed by atoms with van der Waals surface area (Å²) in [6, 6.07) is 30.1. The number of anilines is 2. The van der Waals surface area contributed by atoms with Gasteiger partial charge in [-0.15, -0.1) is 0 Å². The molecular formula is C26H28N3O2P. The highest BCUT2D eigenvalue weighted by atomic mass is 31.2. The smallest absolute Gasteiger partial charge is 0.310 e. The van der Waals surface area contributed by atoms with E-state index in [2.05, 4.69) is 9.34 Å². The van der Waals surface area contributed by atoms with Crippen LogP contribution in [0.2, 0.25) is 0 Å². The molecular weight excluding hydrogens is 417 g/mol. The molecule has 32 heavy (non-hydrogen) atoms. The Morgan fingerprint density at radius 2 is 1.34 bits per heavy atom. The predicted octanol–water partition coefficient (Wildman–Crippen LogP) is 6.62. The molecule has 164 valence electrons. The number of nitrogens with one attached hydrogen (secondary N) is 1. The second kappa shape index (κ2) is 9.88. The van der Waals surface area contributed by atoms with Crippen molar-refractivity contribution in [3.63, 3.8) is 0 Å². The van der Waals surface area contributed by atoms with Gasteiger partial charge in [-0.05, 0) is 42.8 Å². The highest BCUT2D eigenvalue weighted by Crippen LogP contribution is 2.67. The molecule has 0 bridgehead atoms. The molecule has 0 amide bonds. The molecule has 1 heterocycles. The molecule has 0 unspecified atom stereocenters. The van der Waals surface area contributed by atoms with Gasteiger partial charge in [-0.25, -0.2) is 0 Å². The quantitative estimate of drug-likeness (QED) is 0.328. The van der Waals surface area contributed by atoms with Crippen LogP contribution in [0.3, 0.4) is 0 Å². The van der Waals surface area contributed by atoms with Crippen molar-refractivity contribution in [2.75, 3.05) is 29.0 Å². The Labute approximate surface area is 189 Å². The molecule has 0 atom stereocenters. The van der Waals surface area contributed by atoms with E-state index < -0.39 is 7.36 Å². The van der Waals surface area contributed by atoms with Crippen molar-refractivity contribution in [1.29, 1.82) is 5.16 Å². The lowest BCUT2D eigenvalue weighted by Gasteiger charge is -2.38. The van der Waals surface area contributed by atoms with Gasteiger partial charge in [0.1, 0.15) is 0 Å². The van der Waals surface area contributed by atoms with E-state index in [4.69, 9.17) is 4.74 Å². The van der Waals surface area contributed by atoms with Crippen molar-refractivity contribution in [2.24, 2.45) is 0 Å². The van der Waals surface area contributed by atoms with E-state index in [9.17, 15) is 9.96 Å². The number of carbonyl (C=O) groups excluding carboxylic acids is 1. The van der Waals surface area contributed by atoms with E-state index >= 15 is 0 Å². The van der Waals surface area contributed by atoms with Crippen molar-refractivity contribution in [1.82, 2.24) is 0 Å². The topological polar surface area (TPSA) is 56.6 Å². The van der Waals surface area contributed by atoms with Crippen molar-refractivity contribution in [3.8, 4) is 0 Å². The van der Waals surface area contributed by atoms with Gasteiger partial charge in [-0.3, -0.25) is 9.96 Å². The first-order chi connectivity index (χ1) is 15.6. The van der Waals surface area contributed by atoms with Gasteiger partial charge in [0.05, 0.1) is 13.0 Å². The summed E-state index contributed by atoms with van der Waals surface area (Å²) >= 11 is 0. The number of esters is 1. The zero-order chi connectivity index (χ0) is 22.4. The first kappa shape index (κ1) is 21.9. The number of hydrogen-bond donors (Lipinski definition) is 1. The van der Waals surface area contributed by atoms with Crippen LogP contribution in [0.1, 0.15) is 18.9 Å². The maximum absolute atomic E-state index is 12.7. The number of hydrogen-bond acceptors (Lipinski definition) is 3. The zero-order valence-corrected chi connectivity index (χ0v) is 19.1. The van der Waals surface area contributed by atoms with E-state index in [1.165, 1.54) is 0 Å². The molecule has 5 nitrogen and oxygen atoms in total. The fourth-order valence-corrected chi connectivity index (χ4v) is 7.32. The molecule has 6 heteroatoms. The van der Waals surface area contributed by atoms with Gasteiger partial charge >= 0.3 is 5.97 Å². The standard InChI is InChI=1S/C26H28N3O2P/c1-2-31-26(30)21-25(20-22-12-6-3-7-13-22)32(27)28(23-14-8-4-9-15-23)18-19-29(32)24-16-10-5-11-17-24/h3-17,20,27H,2,18-19,21H2,1H3/b25-20+. The Morgan fingerprint density at radius 3 is 1.81 bits per heavy atom. The molecule has 1 fully saturated rings. The van der Waals surface area contributed by atoms with Gasteiger partial charge in [0.25, 0.3) is 0 Å². The summed E-state index contributed by atoms with van der Waals surface area (Å²) in [6.07, 6.45) is 2.10. The Morgan fingerprint density at radius 1 is 0.875 bits per heavy atom. The van der Waals surface area contributed by atoms with Gasteiger partial charge < -0.3 is 14.1 Å². The van der Waals surface area contributed by atoms with Gasteiger partial charge in [-0.1, -0.05) is 66.7 Å². The first-order valence-corrected chi connectivity index (χ1v) is 12.5. The summed E-state index contributed by atoms with van der Waals surface area (Å²) in [5.41, 5.74) is 2.97. The summed E-state index contributed by atoms with van der Waals surface area (Å²) in [7, 11) is -2.86. The van der Waals surface area contributed by atoms with Gasteiger partial charge in [-0.2, -0.15) is 0 Å². The predicted molar refractivity (Wildman–Crippen MR) is 133 cm³/mol. The molecule has 0 spiro atoms. The minimum atomic E-state index is -2.86. The summed E-state index contributed by atoms with van der Waals surface area (Å²) in [5, 5.41) is 10.8. The zero-order valence-electron chi connectivity index (χ0n) is 18.2. The van der Waals surface area contributed by atoms with E-state index in [-0.39, 0.29) is 12.4 Å². The number of ether oxygens (including phenoxy) is 1. The number of benzene rings is 3. The molecule has 1 aliphatic rings. The molecule has 0 radical (unpaired) electrons. The van der Waals surface area contributed by atoms with Crippen LogP contribution in [0.5, 0.6) is 0 Å². The third-order valence-corrected chi connectivity index (χ3v) is 8.84. The van der Waals surface area contributed by atoms with E-state index in [0.717, 1.165) is 22.3 Å². The van der Waals surface area contributed by atoms with Crippen molar-refractivity contribution >= 4 is 30.8 Å². The molecule has 4 rings (SSSR count). The fourth-order valence-electron chi connectivity index (χ4n) is 4.06. The van der Waals surface area contributed by atoms with E-state index in [1.54, 1.807) is 0 Å². The molecule has 0 aliphatic carbocycles. The molecule has 1 saturated heterocycles. The number of para-hydroxylation sites is 2. The lowest BCUT2D eigenvalue weighted by molar-refractivity contribution is -0.142. The molecule has 1 aliphatic heterocycles. The van der Waals surface area contributed by atoms with Crippen LogP contribution in [0.15, 0.2) is 96.3 Å². The molecule has 3 aromatic rings. The summed E-state index contributed by atoms with van der Waals surface area (Å²) in [4.78, 5) is 12.7. The highest BCUT2D eigenvalue weighted by molar-refractivity contribution is 7.73. The van der Waals surface area contributed by atoms with Crippen molar-refractivity contribution < 1.29 is 9.53 Å². The summed E-state index contributed by atoms with van der Waals surface area (Å²) in [6.45, 7) is 3.56. The van der Waals surface area contributed by atoms with Crippen LogP contribution < -0.4 is 9.34 Å². The van der Waals surface area contributed by atoms with Crippen LogP contribution in [0.4, 0.5) is 11.4 Å². The largest absolute Gasteiger partial charge is 0.466 e. The lowest BCUT2D eigenvalue weighted by Crippen LogP contribution is -2.21. The minimum Gasteiger partial charge on any atom is -0.466 e.